The summed E-state index contributed by atoms with van der Waals surface area (Å²) in [6.45, 7) is 3.53. The number of nitrogens with zero attached hydrogens (tertiary/aromatic N) is 2. The summed E-state index contributed by atoms with van der Waals surface area (Å²) in [5.41, 5.74) is 0.927. The van der Waals surface area contributed by atoms with Crippen molar-refractivity contribution >= 4 is 31.5 Å². The maximum absolute atomic E-state index is 13.1. The summed E-state index contributed by atoms with van der Waals surface area (Å²) in [6, 6.07) is 12.6. The maximum atomic E-state index is 13.1. The van der Waals surface area contributed by atoms with E-state index >= 15 is 0 Å². The van der Waals surface area contributed by atoms with E-state index in [1.807, 2.05) is 6.92 Å². The van der Waals surface area contributed by atoms with Crippen molar-refractivity contribution in [3.63, 3.8) is 0 Å². The Morgan fingerprint density at radius 2 is 1.57 bits per heavy atom. The maximum Gasteiger partial charge on any atom is 0.243 e. The van der Waals surface area contributed by atoms with Crippen LogP contribution in [0, 0.1) is 0 Å². The first-order chi connectivity index (χ1) is 16.7. The van der Waals surface area contributed by atoms with Crippen molar-refractivity contribution in [1.82, 2.24) is 8.61 Å². The lowest BCUT2D eigenvalue weighted by atomic mass is 10.0. The number of anilines is 1. The van der Waals surface area contributed by atoms with E-state index in [-0.39, 0.29) is 28.2 Å². The summed E-state index contributed by atoms with van der Waals surface area (Å²) >= 11 is 0. The fourth-order valence-corrected chi connectivity index (χ4v) is 8.10. The Morgan fingerprint density at radius 3 is 2.26 bits per heavy atom. The van der Waals surface area contributed by atoms with E-state index in [1.165, 1.54) is 16.4 Å². The fraction of sp³-hybridized carbons (Fsp3) is 0.480. The molecule has 2 saturated heterocycles. The molecule has 2 aliphatic heterocycles. The molecule has 0 saturated carbocycles. The predicted octanol–water partition coefficient (Wildman–Crippen LogP) is 3.72. The van der Waals surface area contributed by atoms with Crippen LogP contribution in [0.15, 0.2) is 58.3 Å². The van der Waals surface area contributed by atoms with Gasteiger partial charge in [-0.3, -0.25) is 4.79 Å². The smallest absolute Gasteiger partial charge is 0.243 e. The zero-order chi connectivity index (χ0) is 25.1. The van der Waals surface area contributed by atoms with Crippen LogP contribution >= 0.6 is 0 Å². The molecule has 2 aromatic carbocycles. The van der Waals surface area contributed by atoms with Crippen LogP contribution in [0.1, 0.15) is 55.8 Å². The minimum atomic E-state index is -3.60. The molecule has 0 aliphatic carbocycles. The van der Waals surface area contributed by atoms with Gasteiger partial charge in [-0.15, -0.1) is 0 Å². The number of carbonyl (C=O) groups is 1. The molecule has 2 fully saturated rings. The Morgan fingerprint density at radius 1 is 0.886 bits per heavy atom. The second kappa shape index (κ2) is 10.8. The molecule has 190 valence electrons. The van der Waals surface area contributed by atoms with Crippen LogP contribution < -0.4 is 5.32 Å². The standard InChI is InChI=1S/C25H33N3O5S2/c1-2-22-9-3-4-17-28(22)35(32,33)23-13-11-21(12-14-23)26-19-25(29)20-8-7-10-24(18-20)34(30,31)27-15-5-6-16-27/h7-8,10-14,18,22,26H,2-6,9,15-17,19H2,1H3. The fourth-order valence-electron chi connectivity index (χ4n) is 4.77. The molecule has 2 heterocycles. The normalized spacial score (nSPS) is 20.1. The van der Waals surface area contributed by atoms with E-state index < -0.39 is 20.0 Å². The summed E-state index contributed by atoms with van der Waals surface area (Å²) in [7, 11) is -7.16. The first kappa shape index (κ1) is 25.8. The van der Waals surface area contributed by atoms with Crippen LogP contribution in [-0.4, -0.2) is 63.5 Å². The van der Waals surface area contributed by atoms with E-state index in [1.54, 1.807) is 40.7 Å². The van der Waals surface area contributed by atoms with E-state index in [0.29, 0.717) is 30.9 Å². The van der Waals surface area contributed by atoms with Crippen molar-refractivity contribution in [2.24, 2.45) is 0 Å². The SMILES string of the molecule is CCC1CCCCN1S(=O)(=O)c1ccc(NCC(=O)c2cccc(S(=O)(=O)N3CCCC3)c2)cc1. The molecule has 2 aliphatic rings. The molecular formula is C25H33N3O5S2. The Bertz CT molecular complexity index is 1250. The third-order valence-corrected chi connectivity index (χ3v) is 10.7. The summed E-state index contributed by atoms with van der Waals surface area (Å²) < 4.78 is 54.9. The largest absolute Gasteiger partial charge is 0.378 e. The summed E-state index contributed by atoms with van der Waals surface area (Å²) in [4.78, 5) is 13.1. The summed E-state index contributed by atoms with van der Waals surface area (Å²) in [5.74, 6) is -0.251. The molecule has 10 heteroatoms. The lowest BCUT2D eigenvalue weighted by molar-refractivity contribution is 0.101. The van der Waals surface area contributed by atoms with Crippen LogP contribution in [0.4, 0.5) is 5.69 Å². The number of ketones is 1. The summed E-state index contributed by atoms with van der Waals surface area (Å²) in [6.07, 6.45) is 5.30. The van der Waals surface area contributed by atoms with Gasteiger partial charge in [0.15, 0.2) is 5.78 Å². The van der Waals surface area contributed by atoms with Crippen LogP contribution in [0.5, 0.6) is 0 Å². The van der Waals surface area contributed by atoms with E-state index in [4.69, 9.17) is 0 Å². The van der Waals surface area contributed by atoms with Gasteiger partial charge in [0, 0.05) is 36.9 Å². The van der Waals surface area contributed by atoms with Crippen molar-refractivity contribution < 1.29 is 21.6 Å². The van der Waals surface area contributed by atoms with E-state index in [0.717, 1.165) is 38.5 Å². The first-order valence-electron chi connectivity index (χ1n) is 12.2. The van der Waals surface area contributed by atoms with Crippen LogP contribution in [0.2, 0.25) is 0 Å². The number of hydrogen-bond donors (Lipinski definition) is 1. The van der Waals surface area contributed by atoms with E-state index in [2.05, 4.69) is 5.32 Å². The number of rotatable bonds is 9. The molecule has 0 bridgehead atoms. The number of sulfonamides is 2. The Labute approximate surface area is 208 Å². The average molecular weight is 520 g/mol. The van der Waals surface area contributed by atoms with Gasteiger partial charge in [-0.25, -0.2) is 16.8 Å². The molecule has 0 spiro atoms. The zero-order valence-electron chi connectivity index (χ0n) is 20.0. The van der Waals surface area contributed by atoms with Crippen LogP contribution in [-0.2, 0) is 20.0 Å². The van der Waals surface area contributed by atoms with Gasteiger partial charge in [0.25, 0.3) is 0 Å². The second-order valence-corrected chi connectivity index (χ2v) is 12.9. The molecule has 1 unspecified atom stereocenters. The van der Waals surface area contributed by atoms with Gasteiger partial charge in [-0.1, -0.05) is 25.5 Å². The van der Waals surface area contributed by atoms with Gasteiger partial charge in [0.1, 0.15) is 0 Å². The molecule has 8 nitrogen and oxygen atoms in total. The second-order valence-electron chi connectivity index (χ2n) is 9.11. The number of carbonyl (C=O) groups excluding carboxylic acids is 1. The topological polar surface area (TPSA) is 104 Å². The highest BCUT2D eigenvalue weighted by Crippen LogP contribution is 2.28. The van der Waals surface area contributed by atoms with Crippen LogP contribution in [0.25, 0.3) is 0 Å². The lowest BCUT2D eigenvalue weighted by Crippen LogP contribution is -2.43. The number of benzene rings is 2. The number of piperidine rings is 1. The highest BCUT2D eigenvalue weighted by Gasteiger charge is 2.32. The molecule has 0 radical (unpaired) electrons. The Kier molecular flexibility index (Phi) is 7.95. The van der Waals surface area contributed by atoms with Gasteiger partial charge in [0.05, 0.1) is 16.3 Å². The molecule has 35 heavy (non-hydrogen) atoms. The lowest BCUT2D eigenvalue weighted by Gasteiger charge is -2.34. The van der Waals surface area contributed by atoms with Gasteiger partial charge >= 0.3 is 0 Å². The monoisotopic (exact) mass is 519 g/mol. The molecule has 1 N–H and O–H groups in total. The van der Waals surface area contributed by atoms with Crippen molar-refractivity contribution in [3.05, 3.63) is 54.1 Å². The summed E-state index contributed by atoms with van der Waals surface area (Å²) in [5, 5.41) is 3.02. The highest BCUT2D eigenvalue weighted by atomic mass is 32.2. The average Bonchev–Trinajstić information content (AvgIpc) is 3.44. The molecule has 2 aromatic rings. The van der Waals surface area contributed by atoms with Gasteiger partial charge in [0.2, 0.25) is 20.0 Å². The third kappa shape index (κ3) is 5.61. The molecule has 1 atom stereocenters. The van der Waals surface area contributed by atoms with Crippen molar-refractivity contribution in [3.8, 4) is 0 Å². The quantitative estimate of drug-likeness (QED) is 0.507. The van der Waals surface area contributed by atoms with E-state index in [9.17, 15) is 21.6 Å². The van der Waals surface area contributed by atoms with Crippen molar-refractivity contribution in [1.29, 1.82) is 0 Å². The van der Waals surface area contributed by atoms with Crippen molar-refractivity contribution in [2.45, 2.75) is 61.3 Å². The Hall–Kier alpha value is -2.27. The van der Waals surface area contributed by atoms with Crippen LogP contribution in [0.3, 0.4) is 0 Å². The minimum Gasteiger partial charge on any atom is -0.378 e. The van der Waals surface area contributed by atoms with Gasteiger partial charge in [-0.05, 0) is 68.5 Å². The molecule has 4 rings (SSSR count). The highest BCUT2D eigenvalue weighted by molar-refractivity contribution is 7.89. The first-order valence-corrected chi connectivity index (χ1v) is 15.1. The van der Waals surface area contributed by atoms with Crippen molar-refractivity contribution in [2.75, 3.05) is 31.5 Å². The zero-order valence-corrected chi connectivity index (χ0v) is 21.7. The minimum absolute atomic E-state index is 0.0363. The molecular weight excluding hydrogens is 486 g/mol. The van der Waals surface area contributed by atoms with Gasteiger partial charge < -0.3 is 5.32 Å². The molecule has 0 aromatic heterocycles. The number of nitrogens with one attached hydrogen (secondary N) is 1. The van der Waals surface area contributed by atoms with Gasteiger partial charge in [-0.2, -0.15) is 8.61 Å². The molecule has 0 amide bonds. The number of Topliss-reactive ketones (excluding diaryl/α,β-unsaturated/α-hetero) is 1. The Balaban J connectivity index is 1.41. The predicted molar refractivity (Wildman–Crippen MR) is 136 cm³/mol. The third-order valence-electron chi connectivity index (χ3n) is 6.82. The number of hydrogen-bond acceptors (Lipinski definition) is 6.